The van der Waals surface area contributed by atoms with Gasteiger partial charge in [0.05, 0.1) is 23.9 Å². The summed E-state index contributed by atoms with van der Waals surface area (Å²) in [6.07, 6.45) is 0. The molecule has 3 aromatic carbocycles. The van der Waals surface area contributed by atoms with Gasteiger partial charge in [0, 0.05) is 11.6 Å². The van der Waals surface area contributed by atoms with Crippen LogP contribution in [0.2, 0.25) is 0 Å². The molecule has 1 aromatic heterocycles. The van der Waals surface area contributed by atoms with E-state index in [1.807, 2.05) is 74.5 Å². The van der Waals surface area contributed by atoms with Crippen molar-refractivity contribution >= 4 is 32.6 Å². The summed E-state index contributed by atoms with van der Waals surface area (Å²) in [6, 6.07) is 21.7. The summed E-state index contributed by atoms with van der Waals surface area (Å²) in [7, 11) is 1.64. The van der Waals surface area contributed by atoms with Crippen LogP contribution in [0.25, 0.3) is 10.2 Å². The minimum atomic E-state index is -0.0494. The van der Waals surface area contributed by atoms with Crippen LogP contribution in [0.3, 0.4) is 0 Å². The van der Waals surface area contributed by atoms with Crippen molar-refractivity contribution in [2.75, 3.05) is 12.0 Å². The van der Waals surface area contributed by atoms with Gasteiger partial charge in [-0.15, -0.1) is 0 Å². The van der Waals surface area contributed by atoms with E-state index in [9.17, 15) is 4.79 Å². The first-order chi connectivity index (χ1) is 14.0. The van der Waals surface area contributed by atoms with Crippen molar-refractivity contribution in [3.63, 3.8) is 0 Å². The third kappa shape index (κ3) is 4.15. The Kier molecular flexibility index (Phi) is 5.32. The van der Waals surface area contributed by atoms with Crippen LogP contribution in [0, 0.1) is 13.8 Å². The second kappa shape index (κ2) is 8.05. The first-order valence-corrected chi connectivity index (χ1v) is 10.2. The Morgan fingerprint density at radius 2 is 1.72 bits per heavy atom. The Labute approximate surface area is 174 Å². The maximum atomic E-state index is 13.5. The predicted octanol–water partition coefficient (Wildman–Crippen LogP) is 5.77. The van der Waals surface area contributed by atoms with Crippen molar-refractivity contribution in [2.24, 2.45) is 0 Å². The molecule has 0 bridgehead atoms. The Morgan fingerprint density at radius 1 is 1.00 bits per heavy atom. The molecule has 4 aromatic rings. The van der Waals surface area contributed by atoms with Gasteiger partial charge in [0.1, 0.15) is 5.75 Å². The molecule has 0 atom stereocenters. The first kappa shape index (κ1) is 19.2. The number of rotatable bonds is 5. The Hall–Kier alpha value is -3.18. The molecule has 0 aliphatic carbocycles. The standard InChI is InChI=1S/C24H22N2O2S/c1-16-11-17(2)13-19(12-16)23(27)26(15-18-7-5-4-6-8-18)24-25-21-14-20(28-3)9-10-22(21)29-24/h4-14H,15H2,1-3H3. The highest BCUT2D eigenvalue weighted by Crippen LogP contribution is 2.33. The number of fused-ring (bicyclic) bond motifs is 1. The lowest BCUT2D eigenvalue weighted by Crippen LogP contribution is -2.30. The number of ether oxygens (including phenoxy) is 1. The van der Waals surface area contributed by atoms with Crippen molar-refractivity contribution < 1.29 is 9.53 Å². The van der Waals surface area contributed by atoms with E-state index in [0.29, 0.717) is 17.2 Å². The summed E-state index contributed by atoms with van der Waals surface area (Å²) in [5, 5.41) is 0.682. The first-order valence-electron chi connectivity index (χ1n) is 9.42. The van der Waals surface area contributed by atoms with Crippen LogP contribution in [-0.4, -0.2) is 18.0 Å². The average molecular weight is 403 g/mol. The van der Waals surface area contributed by atoms with Crippen LogP contribution in [-0.2, 0) is 6.54 Å². The van der Waals surface area contributed by atoms with Gasteiger partial charge in [0.15, 0.2) is 5.13 Å². The summed E-state index contributed by atoms with van der Waals surface area (Å²) < 4.78 is 6.34. The molecule has 29 heavy (non-hydrogen) atoms. The number of aryl methyl sites for hydroxylation is 2. The van der Waals surface area contributed by atoms with Crippen LogP contribution in [0.5, 0.6) is 5.75 Å². The molecule has 0 unspecified atom stereocenters. The minimum absolute atomic E-state index is 0.0494. The van der Waals surface area contributed by atoms with Gasteiger partial charge in [0.25, 0.3) is 5.91 Å². The molecular formula is C24H22N2O2S. The zero-order valence-corrected chi connectivity index (χ0v) is 17.5. The Balaban J connectivity index is 1.78. The molecule has 4 nitrogen and oxygen atoms in total. The quantitative estimate of drug-likeness (QED) is 0.426. The molecular weight excluding hydrogens is 380 g/mol. The topological polar surface area (TPSA) is 42.4 Å². The number of carbonyl (C=O) groups excluding carboxylic acids is 1. The maximum absolute atomic E-state index is 13.5. The molecule has 4 rings (SSSR count). The van der Waals surface area contributed by atoms with Gasteiger partial charge in [-0.25, -0.2) is 4.98 Å². The summed E-state index contributed by atoms with van der Waals surface area (Å²) in [5.41, 5.74) is 4.71. The summed E-state index contributed by atoms with van der Waals surface area (Å²) >= 11 is 1.51. The molecule has 1 heterocycles. The molecule has 0 spiro atoms. The minimum Gasteiger partial charge on any atom is -0.497 e. The number of thiazole rings is 1. The molecule has 5 heteroatoms. The predicted molar refractivity (Wildman–Crippen MR) is 119 cm³/mol. The lowest BCUT2D eigenvalue weighted by Gasteiger charge is -2.20. The Morgan fingerprint density at radius 3 is 2.41 bits per heavy atom. The number of methoxy groups -OCH3 is 1. The van der Waals surface area contributed by atoms with E-state index < -0.39 is 0 Å². The lowest BCUT2D eigenvalue weighted by molar-refractivity contribution is 0.0985. The fourth-order valence-corrected chi connectivity index (χ4v) is 4.33. The third-order valence-corrected chi connectivity index (χ3v) is 5.77. The van der Waals surface area contributed by atoms with Crippen molar-refractivity contribution in [1.82, 2.24) is 4.98 Å². The lowest BCUT2D eigenvalue weighted by atomic mass is 10.1. The summed E-state index contributed by atoms with van der Waals surface area (Å²) in [5.74, 6) is 0.705. The average Bonchev–Trinajstić information content (AvgIpc) is 3.14. The number of aromatic nitrogens is 1. The zero-order valence-electron chi connectivity index (χ0n) is 16.7. The molecule has 0 saturated heterocycles. The van der Waals surface area contributed by atoms with E-state index in [1.54, 1.807) is 12.0 Å². The Bertz CT molecular complexity index is 1150. The summed E-state index contributed by atoms with van der Waals surface area (Å²) in [4.78, 5) is 20.0. The fourth-order valence-electron chi connectivity index (χ4n) is 3.38. The van der Waals surface area contributed by atoms with Crippen molar-refractivity contribution in [3.05, 3.63) is 89.0 Å². The number of hydrogen-bond donors (Lipinski definition) is 0. The molecule has 0 N–H and O–H groups in total. The van der Waals surface area contributed by atoms with E-state index in [2.05, 4.69) is 6.07 Å². The van der Waals surface area contributed by atoms with Gasteiger partial charge in [-0.1, -0.05) is 58.9 Å². The molecule has 0 saturated carbocycles. The monoisotopic (exact) mass is 402 g/mol. The third-order valence-electron chi connectivity index (χ3n) is 4.71. The summed E-state index contributed by atoms with van der Waals surface area (Å²) in [6.45, 7) is 4.48. The number of anilines is 1. The highest BCUT2D eigenvalue weighted by molar-refractivity contribution is 7.22. The van der Waals surface area contributed by atoms with Crippen LogP contribution in [0.4, 0.5) is 5.13 Å². The number of benzene rings is 3. The van der Waals surface area contributed by atoms with Gasteiger partial charge < -0.3 is 4.74 Å². The van der Waals surface area contributed by atoms with E-state index >= 15 is 0 Å². The van der Waals surface area contributed by atoms with Crippen LogP contribution in [0.1, 0.15) is 27.0 Å². The largest absolute Gasteiger partial charge is 0.497 e. The number of hydrogen-bond acceptors (Lipinski definition) is 4. The highest BCUT2D eigenvalue weighted by Gasteiger charge is 2.22. The van der Waals surface area contributed by atoms with Gasteiger partial charge >= 0.3 is 0 Å². The molecule has 0 aliphatic rings. The number of carbonyl (C=O) groups is 1. The van der Waals surface area contributed by atoms with E-state index in [1.165, 1.54) is 11.3 Å². The van der Waals surface area contributed by atoms with Crippen molar-refractivity contribution in [3.8, 4) is 5.75 Å². The molecule has 0 aliphatic heterocycles. The van der Waals surface area contributed by atoms with Gasteiger partial charge in [0.2, 0.25) is 0 Å². The van der Waals surface area contributed by atoms with Crippen LogP contribution < -0.4 is 9.64 Å². The van der Waals surface area contributed by atoms with Gasteiger partial charge in [-0.05, 0) is 43.7 Å². The van der Waals surface area contributed by atoms with E-state index in [0.717, 1.165) is 32.7 Å². The highest BCUT2D eigenvalue weighted by atomic mass is 32.1. The molecule has 1 amide bonds. The van der Waals surface area contributed by atoms with Gasteiger partial charge in [-0.2, -0.15) is 0 Å². The molecule has 146 valence electrons. The van der Waals surface area contributed by atoms with Crippen molar-refractivity contribution in [1.29, 1.82) is 0 Å². The van der Waals surface area contributed by atoms with E-state index in [-0.39, 0.29) is 5.91 Å². The number of nitrogens with zero attached hydrogens (tertiary/aromatic N) is 2. The second-order valence-electron chi connectivity index (χ2n) is 7.08. The SMILES string of the molecule is COc1ccc2sc(N(Cc3ccccc3)C(=O)c3cc(C)cc(C)c3)nc2c1. The second-order valence-corrected chi connectivity index (χ2v) is 8.09. The maximum Gasteiger partial charge on any atom is 0.260 e. The van der Waals surface area contributed by atoms with Crippen LogP contribution >= 0.6 is 11.3 Å². The van der Waals surface area contributed by atoms with E-state index in [4.69, 9.17) is 9.72 Å². The van der Waals surface area contributed by atoms with Crippen molar-refractivity contribution in [2.45, 2.75) is 20.4 Å². The zero-order chi connectivity index (χ0) is 20.4. The molecule has 0 fully saturated rings. The number of amides is 1. The fraction of sp³-hybridized carbons (Fsp3) is 0.167. The van der Waals surface area contributed by atoms with Crippen LogP contribution in [0.15, 0.2) is 66.7 Å². The normalized spacial score (nSPS) is 10.9. The smallest absolute Gasteiger partial charge is 0.260 e. The van der Waals surface area contributed by atoms with Gasteiger partial charge in [-0.3, -0.25) is 9.69 Å². The molecule has 0 radical (unpaired) electrons.